The Morgan fingerprint density at radius 2 is 2.35 bits per heavy atom. The van der Waals surface area contributed by atoms with Crippen molar-refractivity contribution in [2.24, 2.45) is 0 Å². The first-order valence-electron chi connectivity index (χ1n) is 5.95. The lowest BCUT2D eigenvalue weighted by molar-refractivity contribution is 0.474. The average Bonchev–Trinajstić information content (AvgIpc) is 2.67. The molecule has 0 amide bonds. The molecule has 17 heavy (non-hydrogen) atoms. The molecule has 0 saturated carbocycles. The van der Waals surface area contributed by atoms with Gasteiger partial charge < -0.3 is 10.4 Å². The summed E-state index contributed by atoms with van der Waals surface area (Å²) < 4.78 is 11.3. The molecule has 1 aliphatic carbocycles. The number of rotatable bonds is 4. The number of aryl methyl sites for hydroxylation is 1. The average molecular weight is 253 g/mol. The maximum Gasteiger partial charge on any atom is 0.115 e. The number of aromatic hydroxyl groups is 1. The third-order valence-electron chi connectivity index (χ3n) is 3.42. The normalized spacial score (nSPS) is 22.1. The van der Waals surface area contributed by atoms with Crippen LogP contribution in [-0.2, 0) is 17.2 Å². The van der Waals surface area contributed by atoms with Crippen LogP contribution in [-0.4, -0.2) is 27.4 Å². The molecule has 94 valence electrons. The molecule has 3 atom stereocenters. The van der Waals surface area contributed by atoms with Crippen molar-refractivity contribution in [2.75, 3.05) is 12.8 Å². The lowest BCUT2D eigenvalue weighted by atomic mass is 10.1. The van der Waals surface area contributed by atoms with Gasteiger partial charge in [0.2, 0.25) is 0 Å². The Balaban J connectivity index is 2.00. The zero-order valence-electron chi connectivity index (χ0n) is 10.3. The van der Waals surface area contributed by atoms with E-state index in [1.807, 2.05) is 19.1 Å². The first-order chi connectivity index (χ1) is 8.08. The second kappa shape index (κ2) is 5.19. The highest BCUT2D eigenvalue weighted by atomic mass is 32.2. The van der Waals surface area contributed by atoms with Gasteiger partial charge in [-0.15, -0.1) is 0 Å². The highest BCUT2D eigenvalue weighted by molar-refractivity contribution is 7.84. The fourth-order valence-electron chi connectivity index (χ4n) is 2.24. The molecule has 1 aromatic rings. The lowest BCUT2D eigenvalue weighted by Gasteiger charge is -2.16. The molecule has 0 bridgehead atoms. The summed E-state index contributed by atoms with van der Waals surface area (Å²) in [7, 11) is -0.774. The predicted octanol–water partition coefficient (Wildman–Crippen LogP) is 1.74. The molecular formula is C13H19NO2S. The quantitative estimate of drug-likeness (QED) is 0.859. The summed E-state index contributed by atoms with van der Waals surface area (Å²) in [5.74, 6) is 0.340. The molecule has 4 heteroatoms. The van der Waals surface area contributed by atoms with E-state index in [9.17, 15) is 9.32 Å². The van der Waals surface area contributed by atoms with E-state index in [4.69, 9.17) is 0 Å². The van der Waals surface area contributed by atoms with Crippen molar-refractivity contribution in [2.45, 2.75) is 31.1 Å². The lowest BCUT2D eigenvalue weighted by Crippen LogP contribution is -2.30. The number of hydrogen-bond donors (Lipinski definition) is 2. The number of phenolic OH excluding ortho intramolecular Hbond substituents is 1. The molecule has 0 radical (unpaired) electrons. The van der Waals surface area contributed by atoms with Crippen LogP contribution >= 0.6 is 0 Å². The van der Waals surface area contributed by atoms with Crippen LogP contribution in [0.5, 0.6) is 5.75 Å². The Morgan fingerprint density at radius 3 is 3.06 bits per heavy atom. The molecule has 0 fully saturated rings. The van der Waals surface area contributed by atoms with E-state index in [1.165, 1.54) is 11.1 Å². The zero-order chi connectivity index (χ0) is 12.4. The maximum absolute atomic E-state index is 11.3. The molecule has 0 heterocycles. The van der Waals surface area contributed by atoms with Crippen molar-refractivity contribution >= 4 is 10.8 Å². The van der Waals surface area contributed by atoms with Gasteiger partial charge in [-0.1, -0.05) is 6.07 Å². The third-order valence-corrected chi connectivity index (χ3v) is 4.72. The van der Waals surface area contributed by atoms with Gasteiger partial charge in [0.25, 0.3) is 0 Å². The SMILES string of the molecule is CC(CNC1CCc2cc(O)ccc21)S(C)=O. The Hall–Kier alpha value is -0.870. The zero-order valence-corrected chi connectivity index (χ0v) is 11.1. The maximum atomic E-state index is 11.3. The van der Waals surface area contributed by atoms with Gasteiger partial charge in [0.05, 0.1) is 0 Å². The molecule has 0 aliphatic heterocycles. The summed E-state index contributed by atoms with van der Waals surface area (Å²) in [5, 5.41) is 13.1. The first kappa shape index (κ1) is 12.6. The molecule has 2 N–H and O–H groups in total. The van der Waals surface area contributed by atoms with Crippen LogP contribution in [0.25, 0.3) is 0 Å². The summed E-state index contributed by atoms with van der Waals surface area (Å²) >= 11 is 0. The first-order valence-corrected chi connectivity index (χ1v) is 7.57. The van der Waals surface area contributed by atoms with E-state index >= 15 is 0 Å². The second-order valence-electron chi connectivity index (χ2n) is 4.69. The van der Waals surface area contributed by atoms with Crippen LogP contribution in [0.4, 0.5) is 0 Å². The number of hydrogen-bond acceptors (Lipinski definition) is 3. The molecular weight excluding hydrogens is 234 g/mol. The Kier molecular flexibility index (Phi) is 3.84. The third kappa shape index (κ3) is 2.87. The monoisotopic (exact) mass is 253 g/mol. The molecule has 0 aromatic heterocycles. The molecule has 0 spiro atoms. The van der Waals surface area contributed by atoms with Gasteiger partial charge in [-0.05, 0) is 43.0 Å². The smallest absolute Gasteiger partial charge is 0.115 e. The number of phenols is 1. The summed E-state index contributed by atoms with van der Waals surface area (Å²) in [6.07, 6.45) is 3.81. The summed E-state index contributed by atoms with van der Waals surface area (Å²) in [6.45, 7) is 2.77. The molecule has 1 aromatic carbocycles. The van der Waals surface area contributed by atoms with Crippen molar-refractivity contribution in [3.8, 4) is 5.75 Å². The molecule has 3 unspecified atom stereocenters. The van der Waals surface area contributed by atoms with E-state index in [-0.39, 0.29) is 5.25 Å². The van der Waals surface area contributed by atoms with Crippen LogP contribution in [0.2, 0.25) is 0 Å². The van der Waals surface area contributed by atoms with Gasteiger partial charge in [-0.2, -0.15) is 0 Å². The Morgan fingerprint density at radius 1 is 1.59 bits per heavy atom. The van der Waals surface area contributed by atoms with E-state index in [2.05, 4.69) is 5.32 Å². The van der Waals surface area contributed by atoms with Crippen LogP contribution < -0.4 is 5.32 Å². The minimum absolute atomic E-state index is 0.177. The van der Waals surface area contributed by atoms with Crippen molar-refractivity contribution in [1.82, 2.24) is 5.32 Å². The standard InChI is InChI=1S/C13H19NO2S/c1-9(17(2)16)8-14-13-6-3-10-7-11(15)4-5-12(10)13/h4-5,7,9,13-15H,3,6,8H2,1-2H3. The van der Waals surface area contributed by atoms with Crippen LogP contribution in [0.3, 0.4) is 0 Å². The van der Waals surface area contributed by atoms with Gasteiger partial charge >= 0.3 is 0 Å². The topological polar surface area (TPSA) is 49.3 Å². The van der Waals surface area contributed by atoms with Crippen LogP contribution in [0, 0.1) is 0 Å². The number of fused-ring (bicyclic) bond motifs is 1. The van der Waals surface area contributed by atoms with Gasteiger partial charge in [-0.25, -0.2) is 0 Å². The van der Waals surface area contributed by atoms with Crippen molar-refractivity contribution in [1.29, 1.82) is 0 Å². The van der Waals surface area contributed by atoms with Gasteiger partial charge in [0, 0.05) is 34.9 Å². The number of nitrogens with one attached hydrogen (secondary N) is 1. The molecule has 3 nitrogen and oxygen atoms in total. The molecule has 2 rings (SSSR count). The Bertz CT molecular complexity index is 433. The fourth-order valence-corrected chi connectivity index (χ4v) is 2.57. The predicted molar refractivity (Wildman–Crippen MR) is 70.7 cm³/mol. The highest BCUT2D eigenvalue weighted by Gasteiger charge is 2.22. The minimum atomic E-state index is -0.774. The summed E-state index contributed by atoms with van der Waals surface area (Å²) in [5.41, 5.74) is 2.50. The molecule has 1 aliphatic rings. The fraction of sp³-hybridized carbons (Fsp3) is 0.538. The van der Waals surface area contributed by atoms with Crippen molar-refractivity contribution < 1.29 is 9.32 Å². The number of benzene rings is 1. The second-order valence-corrected chi connectivity index (χ2v) is 6.49. The van der Waals surface area contributed by atoms with Gasteiger partial charge in [0.1, 0.15) is 5.75 Å². The van der Waals surface area contributed by atoms with E-state index in [0.29, 0.717) is 11.8 Å². The molecule has 0 saturated heterocycles. The van der Waals surface area contributed by atoms with Crippen molar-refractivity contribution in [3.05, 3.63) is 29.3 Å². The van der Waals surface area contributed by atoms with Gasteiger partial charge in [-0.3, -0.25) is 4.21 Å². The van der Waals surface area contributed by atoms with E-state index < -0.39 is 10.8 Å². The van der Waals surface area contributed by atoms with Gasteiger partial charge in [0.15, 0.2) is 0 Å². The van der Waals surface area contributed by atoms with Crippen molar-refractivity contribution in [3.63, 3.8) is 0 Å². The highest BCUT2D eigenvalue weighted by Crippen LogP contribution is 2.33. The van der Waals surface area contributed by atoms with Crippen LogP contribution in [0.1, 0.15) is 30.5 Å². The van der Waals surface area contributed by atoms with E-state index in [0.717, 1.165) is 19.4 Å². The minimum Gasteiger partial charge on any atom is -0.508 e. The Labute approximate surface area is 105 Å². The summed E-state index contributed by atoms with van der Waals surface area (Å²) in [6, 6.07) is 5.92. The van der Waals surface area contributed by atoms with Crippen LogP contribution in [0.15, 0.2) is 18.2 Å². The largest absolute Gasteiger partial charge is 0.508 e. The van der Waals surface area contributed by atoms with E-state index in [1.54, 1.807) is 12.3 Å². The summed E-state index contributed by atoms with van der Waals surface area (Å²) in [4.78, 5) is 0.